The number of nitrogens with one attached hydrogen (secondary N) is 2. The average Bonchev–Trinajstić information content (AvgIpc) is 3.16. The van der Waals surface area contributed by atoms with Crippen LogP contribution in [0.3, 0.4) is 0 Å². The number of rotatable bonds is 4. The van der Waals surface area contributed by atoms with Gasteiger partial charge >= 0.3 is 0 Å². The van der Waals surface area contributed by atoms with E-state index in [1.54, 1.807) is 0 Å². The SMILES string of the molecule is CCOc1ccc2[nH]cc(NC(=O)C3CC4(CC4)C3)c2c1. The van der Waals surface area contributed by atoms with Crippen LogP contribution in [0.25, 0.3) is 10.9 Å². The fourth-order valence-corrected chi connectivity index (χ4v) is 3.45. The van der Waals surface area contributed by atoms with E-state index in [1.807, 2.05) is 31.3 Å². The molecule has 0 bridgehead atoms. The molecule has 2 aromatic rings. The van der Waals surface area contributed by atoms with Crippen LogP contribution in [0.2, 0.25) is 0 Å². The minimum atomic E-state index is 0.162. The van der Waals surface area contributed by atoms with Crippen LogP contribution >= 0.6 is 0 Å². The van der Waals surface area contributed by atoms with Crippen LogP contribution < -0.4 is 10.1 Å². The van der Waals surface area contributed by atoms with Gasteiger partial charge in [0.1, 0.15) is 5.75 Å². The first-order valence-electron chi connectivity index (χ1n) is 7.74. The van der Waals surface area contributed by atoms with Crippen LogP contribution in [-0.2, 0) is 4.79 Å². The van der Waals surface area contributed by atoms with Gasteiger partial charge in [-0.3, -0.25) is 4.79 Å². The Morgan fingerprint density at radius 1 is 1.43 bits per heavy atom. The molecule has 21 heavy (non-hydrogen) atoms. The molecular formula is C17H20N2O2. The van der Waals surface area contributed by atoms with E-state index in [2.05, 4.69) is 10.3 Å². The summed E-state index contributed by atoms with van der Waals surface area (Å²) in [7, 11) is 0. The van der Waals surface area contributed by atoms with E-state index < -0.39 is 0 Å². The molecule has 2 N–H and O–H groups in total. The van der Waals surface area contributed by atoms with Crippen LogP contribution in [0.15, 0.2) is 24.4 Å². The van der Waals surface area contributed by atoms with Crippen LogP contribution in [0.4, 0.5) is 5.69 Å². The third-order valence-electron chi connectivity index (χ3n) is 4.91. The number of aromatic nitrogens is 1. The second-order valence-electron chi connectivity index (χ2n) is 6.44. The lowest BCUT2D eigenvalue weighted by molar-refractivity contribution is -0.124. The standard InChI is InChI=1S/C17H20N2O2/c1-2-21-12-3-4-14-13(7-12)15(10-18-14)19-16(20)11-8-17(9-11)5-6-17/h3-4,7,10-11,18H,2,5-6,8-9H2,1H3,(H,19,20). The molecule has 2 fully saturated rings. The number of carbonyl (C=O) groups is 1. The predicted octanol–water partition coefficient (Wildman–Crippen LogP) is 3.70. The molecule has 0 radical (unpaired) electrons. The zero-order valence-corrected chi connectivity index (χ0v) is 12.2. The van der Waals surface area contributed by atoms with Crippen molar-refractivity contribution in [1.29, 1.82) is 0 Å². The lowest BCUT2D eigenvalue weighted by Gasteiger charge is -2.34. The number of hydrogen-bond acceptors (Lipinski definition) is 2. The van der Waals surface area contributed by atoms with Crippen LogP contribution in [0.5, 0.6) is 5.75 Å². The summed E-state index contributed by atoms with van der Waals surface area (Å²) in [5.74, 6) is 1.20. The van der Waals surface area contributed by atoms with Gasteiger partial charge in [-0.15, -0.1) is 0 Å². The summed E-state index contributed by atoms with van der Waals surface area (Å²) in [6.45, 7) is 2.61. The molecule has 0 saturated heterocycles. The smallest absolute Gasteiger partial charge is 0.227 e. The second kappa shape index (κ2) is 4.52. The Kier molecular flexibility index (Phi) is 2.74. The highest BCUT2D eigenvalue weighted by molar-refractivity contribution is 6.03. The largest absolute Gasteiger partial charge is 0.494 e. The number of fused-ring (bicyclic) bond motifs is 1. The van der Waals surface area contributed by atoms with Gasteiger partial charge in [0.05, 0.1) is 12.3 Å². The highest BCUT2D eigenvalue weighted by atomic mass is 16.5. The van der Waals surface area contributed by atoms with Gasteiger partial charge in [0.15, 0.2) is 0 Å². The first-order chi connectivity index (χ1) is 10.2. The molecule has 1 heterocycles. The van der Waals surface area contributed by atoms with Gasteiger partial charge in [0.2, 0.25) is 5.91 Å². The summed E-state index contributed by atoms with van der Waals surface area (Å²) in [6, 6.07) is 5.91. The number of hydrogen-bond donors (Lipinski definition) is 2. The van der Waals surface area contributed by atoms with E-state index >= 15 is 0 Å². The van der Waals surface area contributed by atoms with Gasteiger partial charge in [-0.05, 0) is 56.2 Å². The normalized spacial score (nSPS) is 19.5. The topological polar surface area (TPSA) is 54.1 Å². The van der Waals surface area contributed by atoms with Crippen molar-refractivity contribution < 1.29 is 9.53 Å². The number of carbonyl (C=O) groups excluding carboxylic acids is 1. The summed E-state index contributed by atoms with van der Waals surface area (Å²) in [4.78, 5) is 15.5. The summed E-state index contributed by atoms with van der Waals surface area (Å²) in [6.07, 6.45) is 6.66. The molecule has 1 spiro atoms. The summed E-state index contributed by atoms with van der Waals surface area (Å²) >= 11 is 0. The molecule has 2 aliphatic carbocycles. The Morgan fingerprint density at radius 3 is 2.95 bits per heavy atom. The van der Waals surface area contributed by atoms with Gasteiger partial charge in [-0.25, -0.2) is 0 Å². The third-order valence-corrected chi connectivity index (χ3v) is 4.91. The quantitative estimate of drug-likeness (QED) is 0.899. The summed E-state index contributed by atoms with van der Waals surface area (Å²) < 4.78 is 5.53. The van der Waals surface area contributed by atoms with Crippen LogP contribution in [0, 0.1) is 11.3 Å². The van der Waals surface area contributed by atoms with Gasteiger partial charge in [0, 0.05) is 23.0 Å². The zero-order valence-electron chi connectivity index (χ0n) is 12.2. The van der Waals surface area contributed by atoms with Crippen molar-refractivity contribution in [3.05, 3.63) is 24.4 Å². The third kappa shape index (κ3) is 2.19. The lowest BCUT2D eigenvalue weighted by atomic mass is 9.71. The molecule has 1 amide bonds. The molecule has 2 saturated carbocycles. The Labute approximate surface area is 123 Å². The highest BCUT2D eigenvalue weighted by Crippen LogP contribution is 2.63. The van der Waals surface area contributed by atoms with Crippen LogP contribution in [-0.4, -0.2) is 17.5 Å². The number of aromatic amines is 1. The summed E-state index contributed by atoms with van der Waals surface area (Å²) in [5, 5.41) is 4.09. The van der Waals surface area contributed by atoms with E-state index in [9.17, 15) is 4.79 Å². The zero-order chi connectivity index (χ0) is 14.4. The molecule has 1 aromatic heterocycles. The maximum atomic E-state index is 12.3. The van der Waals surface area contributed by atoms with Crippen molar-refractivity contribution in [1.82, 2.24) is 4.98 Å². The first kappa shape index (κ1) is 12.7. The monoisotopic (exact) mass is 284 g/mol. The average molecular weight is 284 g/mol. The Morgan fingerprint density at radius 2 is 2.24 bits per heavy atom. The summed E-state index contributed by atoms with van der Waals surface area (Å²) in [5.41, 5.74) is 2.43. The fourth-order valence-electron chi connectivity index (χ4n) is 3.45. The predicted molar refractivity (Wildman–Crippen MR) is 82.5 cm³/mol. The molecule has 110 valence electrons. The van der Waals surface area contributed by atoms with Crippen molar-refractivity contribution in [3.8, 4) is 5.75 Å². The van der Waals surface area contributed by atoms with E-state index in [0.29, 0.717) is 12.0 Å². The van der Waals surface area contributed by atoms with Crippen LogP contribution in [0.1, 0.15) is 32.6 Å². The number of ether oxygens (including phenoxy) is 1. The molecular weight excluding hydrogens is 264 g/mol. The first-order valence-corrected chi connectivity index (χ1v) is 7.74. The van der Waals surface area contributed by atoms with Crippen molar-refractivity contribution >= 4 is 22.5 Å². The number of benzene rings is 1. The highest BCUT2D eigenvalue weighted by Gasteiger charge is 2.54. The van der Waals surface area contributed by atoms with E-state index in [1.165, 1.54) is 12.8 Å². The van der Waals surface area contributed by atoms with Gasteiger partial charge in [0.25, 0.3) is 0 Å². The minimum Gasteiger partial charge on any atom is -0.494 e. The molecule has 4 rings (SSSR count). The van der Waals surface area contributed by atoms with Crippen molar-refractivity contribution in [2.24, 2.45) is 11.3 Å². The molecule has 0 aliphatic heterocycles. The van der Waals surface area contributed by atoms with Crippen molar-refractivity contribution in [2.45, 2.75) is 32.6 Å². The molecule has 0 unspecified atom stereocenters. The lowest BCUT2D eigenvalue weighted by Crippen LogP contribution is -2.35. The van der Waals surface area contributed by atoms with Gasteiger partial charge < -0.3 is 15.0 Å². The van der Waals surface area contributed by atoms with Gasteiger partial charge in [-0.2, -0.15) is 0 Å². The second-order valence-corrected chi connectivity index (χ2v) is 6.44. The number of anilines is 1. The molecule has 0 atom stereocenters. The van der Waals surface area contributed by atoms with E-state index in [0.717, 1.165) is 35.2 Å². The molecule has 2 aliphatic rings. The molecule has 4 heteroatoms. The van der Waals surface area contributed by atoms with Crippen molar-refractivity contribution in [2.75, 3.05) is 11.9 Å². The number of amides is 1. The maximum Gasteiger partial charge on any atom is 0.227 e. The van der Waals surface area contributed by atoms with E-state index in [4.69, 9.17) is 4.74 Å². The fraction of sp³-hybridized carbons (Fsp3) is 0.471. The number of H-pyrrole nitrogens is 1. The molecule has 1 aromatic carbocycles. The minimum absolute atomic E-state index is 0.162. The Balaban J connectivity index is 1.52. The van der Waals surface area contributed by atoms with Gasteiger partial charge in [-0.1, -0.05) is 0 Å². The van der Waals surface area contributed by atoms with Crippen molar-refractivity contribution in [3.63, 3.8) is 0 Å². The Bertz CT molecular complexity index is 692. The molecule has 4 nitrogen and oxygen atoms in total. The maximum absolute atomic E-state index is 12.3. The Hall–Kier alpha value is -1.97. The van der Waals surface area contributed by atoms with E-state index in [-0.39, 0.29) is 11.8 Å².